The van der Waals surface area contributed by atoms with Gasteiger partial charge in [0.15, 0.2) is 11.0 Å². The standard InChI is InChI=1S/C19H19N3O3S/c1-13(2)25-17(24)12-26-19-21-20-18(14-8-10-16(23)11-9-14)22(19)15-6-4-3-5-7-15/h3-11,13,23H,12H2,1-2H3. The van der Waals surface area contributed by atoms with Crippen molar-refractivity contribution in [2.45, 2.75) is 25.1 Å². The van der Waals surface area contributed by atoms with E-state index in [1.165, 1.54) is 11.8 Å². The van der Waals surface area contributed by atoms with Gasteiger partial charge >= 0.3 is 5.97 Å². The van der Waals surface area contributed by atoms with Crippen LogP contribution in [0, 0.1) is 0 Å². The van der Waals surface area contributed by atoms with Crippen LogP contribution in [0.25, 0.3) is 17.1 Å². The number of phenols is 1. The Balaban J connectivity index is 1.95. The number of benzene rings is 2. The van der Waals surface area contributed by atoms with Crippen molar-refractivity contribution in [3.05, 3.63) is 54.6 Å². The third-order valence-electron chi connectivity index (χ3n) is 3.46. The van der Waals surface area contributed by atoms with Gasteiger partial charge in [0.05, 0.1) is 11.9 Å². The Kier molecular flexibility index (Phi) is 5.58. The third-order valence-corrected chi connectivity index (χ3v) is 4.36. The summed E-state index contributed by atoms with van der Waals surface area (Å²) in [7, 11) is 0. The van der Waals surface area contributed by atoms with Crippen molar-refractivity contribution >= 4 is 17.7 Å². The minimum atomic E-state index is -0.293. The number of hydrogen-bond acceptors (Lipinski definition) is 6. The summed E-state index contributed by atoms with van der Waals surface area (Å²) >= 11 is 1.28. The molecule has 1 heterocycles. The first-order chi connectivity index (χ1) is 12.5. The lowest BCUT2D eigenvalue weighted by molar-refractivity contribution is -0.144. The molecule has 0 spiro atoms. The normalized spacial score (nSPS) is 10.9. The monoisotopic (exact) mass is 369 g/mol. The van der Waals surface area contributed by atoms with E-state index >= 15 is 0 Å². The van der Waals surface area contributed by atoms with E-state index in [4.69, 9.17) is 4.74 Å². The Hall–Kier alpha value is -2.80. The molecule has 0 saturated carbocycles. The topological polar surface area (TPSA) is 77.2 Å². The number of aromatic hydroxyl groups is 1. The van der Waals surface area contributed by atoms with E-state index < -0.39 is 0 Å². The van der Waals surface area contributed by atoms with Gasteiger partial charge in [-0.25, -0.2) is 0 Å². The van der Waals surface area contributed by atoms with E-state index in [1.54, 1.807) is 24.3 Å². The largest absolute Gasteiger partial charge is 0.508 e. The van der Waals surface area contributed by atoms with Gasteiger partial charge in [-0.05, 0) is 50.2 Å². The summed E-state index contributed by atoms with van der Waals surface area (Å²) in [4.78, 5) is 11.9. The zero-order valence-corrected chi connectivity index (χ0v) is 15.3. The molecule has 6 nitrogen and oxygen atoms in total. The molecule has 3 aromatic rings. The van der Waals surface area contributed by atoms with Crippen molar-refractivity contribution in [1.29, 1.82) is 0 Å². The molecule has 0 atom stereocenters. The fraction of sp³-hybridized carbons (Fsp3) is 0.211. The first-order valence-corrected chi connectivity index (χ1v) is 9.15. The van der Waals surface area contributed by atoms with Crippen LogP contribution in [0.1, 0.15) is 13.8 Å². The van der Waals surface area contributed by atoms with E-state index in [0.717, 1.165) is 11.3 Å². The van der Waals surface area contributed by atoms with Crippen LogP contribution >= 0.6 is 11.8 Å². The van der Waals surface area contributed by atoms with Crippen LogP contribution in [0.4, 0.5) is 0 Å². The highest BCUT2D eigenvalue weighted by Crippen LogP contribution is 2.28. The lowest BCUT2D eigenvalue weighted by atomic mass is 10.2. The van der Waals surface area contributed by atoms with Gasteiger partial charge in [-0.2, -0.15) is 0 Å². The number of carbonyl (C=O) groups is 1. The summed E-state index contributed by atoms with van der Waals surface area (Å²) in [6.07, 6.45) is -0.150. The fourth-order valence-corrected chi connectivity index (χ4v) is 3.13. The molecule has 0 aliphatic rings. The highest BCUT2D eigenvalue weighted by atomic mass is 32.2. The second-order valence-electron chi connectivity index (χ2n) is 5.85. The van der Waals surface area contributed by atoms with Crippen LogP contribution in [0.3, 0.4) is 0 Å². The first kappa shape index (κ1) is 18.0. The molecule has 0 radical (unpaired) electrons. The van der Waals surface area contributed by atoms with Gasteiger partial charge in [-0.15, -0.1) is 10.2 Å². The van der Waals surface area contributed by atoms with Gasteiger partial charge in [0, 0.05) is 11.3 Å². The average Bonchev–Trinajstić information content (AvgIpc) is 3.05. The van der Waals surface area contributed by atoms with E-state index in [1.807, 2.05) is 48.7 Å². The van der Waals surface area contributed by atoms with Crippen molar-refractivity contribution in [2.75, 3.05) is 5.75 Å². The Morgan fingerprint density at radius 3 is 2.46 bits per heavy atom. The zero-order chi connectivity index (χ0) is 18.5. The van der Waals surface area contributed by atoms with Gasteiger partial charge in [0.25, 0.3) is 0 Å². The molecular weight excluding hydrogens is 350 g/mol. The molecule has 0 unspecified atom stereocenters. The fourth-order valence-electron chi connectivity index (χ4n) is 2.39. The second kappa shape index (κ2) is 8.05. The lowest BCUT2D eigenvalue weighted by Gasteiger charge is -2.11. The number of para-hydroxylation sites is 1. The number of ether oxygens (including phenoxy) is 1. The van der Waals surface area contributed by atoms with Gasteiger partial charge < -0.3 is 9.84 Å². The molecule has 0 bridgehead atoms. The van der Waals surface area contributed by atoms with Crippen molar-refractivity contribution in [1.82, 2.24) is 14.8 Å². The molecule has 1 N–H and O–H groups in total. The van der Waals surface area contributed by atoms with Crippen LogP contribution in [0.15, 0.2) is 59.8 Å². The third kappa shape index (κ3) is 4.23. The number of thioether (sulfide) groups is 1. The molecule has 0 aliphatic carbocycles. The molecule has 2 aromatic carbocycles. The Morgan fingerprint density at radius 2 is 1.81 bits per heavy atom. The number of carbonyl (C=O) groups excluding carboxylic acids is 1. The van der Waals surface area contributed by atoms with Crippen LogP contribution < -0.4 is 0 Å². The molecule has 134 valence electrons. The SMILES string of the molecule is CC(C)OC(=O)CSc1nnc(-c2ccc(O)cc2)n1-c1ccccc1. The second-order valence-corrected chi connectivity index (χ2v) is 6.79. The van der Waals surface area contributed by atoms with Gasteiger partial charge in [0.1, 0.15) is 5.75 Å². The van der Waals surface area contributed by atoms with Crippen LogP contribution in [-0.4, -0.2) is 37.7 Å². The molecular formula is C19H19N3O3S. The number of hydrogen-bond donors (Lipinski definition) is 1. The highest BCUT2D eigenvalue weighted by Gasteiger charge is 2.17. The van der Waals surface area contributed by atoms with E-state index in [-0.39, 0.29) is 23.6 Å². The molecule has 0 aliphatic heterocycles. The average molecular weight is 369 g/mol. The minimum Gasteiger partial charge on any atom is -0.508 e. The summed E-state index contributed by atoms with van der Waals surface area (Å²) < 4.78 is 7.07. The molecule has 3 rings (SSSR count). The number of esters is 1. The number of rotatable bonds is 6. The molecule has 1 aromatic heterocycles. The van der Waals surface area contributed by atoms with Crippen molar-refractivity contribution in [3.63, 3.8) is 0 Å². The van der Waals surface area contributed by atoms with Crippen LogP contribution in [0.2, 0.25) is 0 Å². The lowest BCUT2D eigenvalue weighted by Crippen LogP contribution is -2.13. The molecule has 0 saturated heterocycles. The minimum absolute atomic E-state index is 0.150. The smallest absolute Gasteiger partial charge is 0.316 e. The van der Waals surface area contributed by atoms with Crippen LogP contribution in [0.5, 0.6) is 5.75 Å². The van der Waals surface area contributed by atoms with Crippen molar-refractivity contribution in [3.8, 4) is 22.8 Å². The maximum Gasteiger partial charge on any atom is 0.316 e. The van der Waals surface area contributed by atoms with E-state index in [2.05, 4.69) is 10.2 Å². The van der Waals surface area contributed by atoms with Gasteiger partial charge in [0.2, 0.25) is 0 Å². The summed E-state index contributed by atoms with van der Waals surface area (Å²) in [5.41, 5.74) is 1.70. The van der Waals surface area contributed by atoms with E-state index in [9.17, 15) is 9.90 Å². The Bertz CT molecular complexity index is 877. The summed E-state index contributed by atoms with van der Waals surface area (Å²) in [6, 6.07) is 16.4. The van der Waals surface area contributed by atoms with Gasteiger partial charge in [-0.1, -0.05) is 30.0 Å². The maximum atomic E-state index is 11.9. The maximum absolute atomic E-state index is 11.9. The summed E-state index contributed by atoms with van der Waals surface area (Å²) in [5, 5.41) is 18.6. The van der Waals surface area contributed by atoms with Crippen LogP contribution in [-0.2, 0) is 9.53 Å². The predicted molar refractivity (Wildman–Crippen MR) is 100 cm³/mol. The zero-order valence-electron chi connectivity index (χ0n) is 14.5. The summed E-state index contributed by atoms with van der Waals surface area (Å²) in [5.74, 6) is 0.680. The first-order valence-electron chi connectivity index (χ1n) is 8.17. The Labute approximate surface area is 155 Å². The number of nitrogens with zero attached hydrogens (tertiary/aromatic N) is 3. The quantitative estimate of drug-likeness (QED) is 0.527. The Morgan fingerprint density at radius 1 is 1.12 bits per heavy atom. The molecule has 26 heavy (non-hydrogen) atoms. The van der Waals surface area contributed by atoms with E-state index in [0.29, 0.717) is 11.0 Å². The van der Waals surface area contributed by atoms with Crippen molar-refractivity contribution < 1.29 is 14.6 Å². The highest BCUT2D eigenvalue weighted by molar-refractivity contribution is 7.99. The van der Waals surface area contributed by atoms with Gasteiger partial charge in [-0.3, -0.25) is 9.36 Å². The predicted octanol–water partition coefficient (Wildman–Crippen LogP) is 3.68. The summed E-state index contributed by atoms with van der Waals surface area (Å²) in [6.45, 7) is 3.63. The molecule has 0 amide bonds. The molecule has 7 heteroatoms. The molecule has 0 fully saturated rings. The van der Waals surface area contributed by atoms with Crippen molar-refractivity contribution in [2.24, 2.45) is 0 Å². The number of phenolic OH excluding ortho intramolecular Hbond substituents is 1. The number of aromatic nitrogens is 3.